The second-order valence-electron chi connectivity index (χ2n) is 21.8. The zero-order chi connectivity index (χ0) is 58.7. The second kappa shape index (κ2) is 27.7. The van der Waals surface area contributed by atoms with Crippen molar-refractivity contribution in [1.82, 2.24) is 51.5 Å². The van der Waals surface area contributed by atoms with Crippen molar-refractivity contribution in [2.24, 2.45) is 11.7 Å². The summed E-state index contributed by atoms with van der Waals surface area (Å²) in [5.41, 5.74) is 6.57. The smallest absolute Gasteiger partial charge is 0.248 e. The van der Waals surface area contributed by atoms with Gasteiger partial charge in [-0.25, -0.2) is 0 Å². The van der Waals surface area contributed by atoms with Gasteiger partial charge in [-0.05, 0) is 93.9 Å². The topological polar surface area (TPSA) is 360 Å². The number of nitrogens with zero attached hydrogens (tertiary/aromatic N) is 4. The van der Waals surface area contributed by atoms with E-state index in [1.165, 1.54) is 45.9 Å². The number of amides is 11. The van der Waals surface area contributed by atoms with Crippen LogP contribution in [0.15, 0.2) is 54.6 Å². The fourth-order valence-electron chi connectivity index (χ4n) is 11.5. The molecule has 25 heteroatoms. The van der Waals surface area contributed by atoms with Crippen LogP contribution < -0.4 is 37.6 Å². The first-order valence-electron chi connectivity index (χ1n) is 28.1. The van der Waals surface area contributed by atoms with Crippen molar-refractivity contribution in [2.75, 3.05) is 32.8 Å². The molecule has 11 amide bonds. The quantitative estimate of drug-likeness (QED) is 0.114. The summed E-state index contributed by atoms with van der Waals surface area (Å²) in [6.45, 7) is 4.21. The Morgan fingerprint density at radius 1 is 0.531 bits per heavy atom. The van der Waals surface area contributed by atoms with E-state index in [1.54, 1.807) is 44.2 Å². The van der Waals surface area contributed by atoms with Gasteiger partial charge < -0.3 is 72.6 Å². The fourth-order valence-corrected chi connectivity index (χ4v) is 11.5. The molecule has 5 aliphatic rings. The lowest BCUT2D eigenvalue weighted by Crippen LogP contribution is -2.63. The fraction of sp³-hybridized carbons (Fsp3) is 0.589. The van der Waals surface area contributed by atoms with E-state index in [1.807, 2.05) is 0 Å². The Kier molecular flexibility index (Phi) is 20.8. The predicted octanol–water partition coefficient (Wildman–Crippen LogP) is -2.25. The van der Waals surface area contributed by atoms with Crippen LogP contribution in [0.2, 0.25) is 0 Å². The molecule has 2 aromatic carbocycles. The van der Waals surface area contributed by atoms with Gasteiger partial charge in [0, 0.05) is 45.4 Å². The Morgan fingerprint density at radius 3 is 1.46 bits per heavy atom. The van der Waals surface area contributed by atoms with Crippen molar-refractivity contribution in [3.05, 3.63) is 65.7 Å². The number of phenolic OH excluding ortho intramolecular Hbond substituents is 1. The van der Waals surface area contributed by atoms with Gasteiger partial charge in [0.05, 0.1) is 12.7 Å². The zero-order valence-corrected chi connectivity index (χ0v) is 46.1. The van der Waals surface area contributed by atoms with Crippen molar-refractivity contribution in [1.29, 1.82) is 0 Å². The molecule has 2 aromatic rings. The maximum atomic E-state index is 14.8. The number of aliphatic hydroxyl groups excluding tert-OH is 2. The molecule has 11 N–H and O–H groups in total. The Balaban J connectivity index is 1.26. The van der Waals surface area contributed by atoms with Gasteiger partial charge in [-0.2, -0.15) is 0 Å². The van der Waals surface area contributed by atoms with Gasteiger partial charge in [0.25, 0.3) is 0 Å². The van der Waals surface area contributed by atoms with Crippen molar-refractivity contribution in [2.45, 2.75) is 171 Å². The summed E-state index contributed by atoms with van der Waals surface area (Å²) in [4.78, 5) is 162. The number of aromatic hydroxyl groups is 1. The Morgan fingerprint density at radius 2 is 0.951 bits per heavy atom. The molecule has 0 aromatic heterocycles. The molecular formula is C56H77N11O14. The molecular weight excluding hydrogens is 1050 g/mol. The standard InChI is InChI=1S/C56H77N11O14/c1-4-31(2)45-52(77)61-39(30-68)53(78)66-26-10-16-42(66)55(80)67-27-11-17-43(67)54(79)64-24-8-14-40(64)50(75)60-38(29-34-18-20-35(70)21-19-34)49(74)59-37(28-33-12-6-5-7-13-33)48(73)58-36(22-23-44(57)71)47(72)63-46(32(3)69)56(81)65-25-9-15-41(65)51(76)62-45/h5-7,12-13,18-21,31-32,36-43,45-46,68-70H,4,8-11,14-17,22-30H2,1-3H3,(H2,57,71)(H,58,73)(H,59,74)(H,60,75)(H,61,77)(H,62,76)(H,63,72). The highest BCUT2D eigenvalue weighted by Crippen LogP contribution is 2.30. The maximum Gasteiger partial charge on any atom is 0.248 e. The molecule has 81 heavy (non-hydrogen) atoms. The highest BCUT2D eigenvalue weighted by molar-refractivity contribution is 6.00. The Bertz CT molecular complexity index is 2660. The van der Waals surface area contributed by atoms with Gasteiger partial charge in [-0.3, -0.25) is 52.7 Å². The molecule has 0 radical (unpaired) electrons. The number of carbonyl (C=O) groups excluding carboxylic acids is 11. The van der Waals surface area contributed by atoms with E-state index in [2.05, 4.69) is 31.9 Å². The van der Waals surface area contributed by atoms with Crippen LogP contribution >= 0.6 is 0 Å². The van der Waals surface area contributed by atoms with Crippen molar-refractivity contribution in [3.8, 4) is 5.75 Å². The minimum absolute atomic E-state index is 0.00480. The van der Waals surface area contributed by atoms with E-state index < -0.39 is 157 Å². The van der Waals surface area contributed by atoms with E-state index in [-0.39, 0.29) is 70.5 Å². The molecule has 0 spiro atoms. The van der Waals surface area contributed by atoms with Gasteiger partial charge in [-0.15, -0.1) is 0 Å². The molecule has 440 valence electrons. The number of aliphatic hydroxyl groups is 2. The van der Waals surface area contributed by atoms with Crippen LogP contribution in [0.3, 0.4) is 0 Å². The highest BCUT2D eigenvalue weighted by atomic mass is 16.3. The van der Waals surface area contributed by atoms with Crippen LogP contribution in [0.4, 0.5) is 0 Å². The summed E-state index contributed by atoms with van der Waals surface area (Å²) in [5, 5.41) is 47.7. The number of carbonyl (C=O) groups is 11. The molecule has 0 bridgehead atoms. The van der Waals surface area contributed by atoms with Crippen LogP contribution in [0.5, 0.6) is 5.75 Å². The lowest BCUT2D eigenvalue weighted by atomic mass is 9.97. The summed E-state index contributed by atoms with van der Waals surface area (Å²) >= 11 is 0. The minimum atomic E-state index is -1.72. The number of hydrogen-bond donors (Lipinski definition) is 10. The molecule has 12 atom stereocenters. The average molecular weight is 1130 g/mol. The molecule has 12 unspecified atom stereocenters. The number of primary amides is 1. The first-order valence-corrected chi connectivity index (χ1v) is 28.1. The van der Waals surface area contributed by atoms with Crippen LogP contribution in [0, 0.1) is 5.92 Å². The first kappa shape index (κ1) is 61.0. The number of benzene rings is 2. The van der Waals surface area contributed by atoms with E-state index in [9.17, 15) is 68.1 Å². The summed E-state index contributed by atoms with van der Waals surface area (Å²) in [7, 11) is 0. The van der Waals surface area contributed by atoms with Gasteiger partial charge in [-0.1, -0.05) is 62.7 Å². The number of nitrogens with one attached hydrogen (secondary N) is 6. The van der Waals surface area contributed by atoms with Gasteiger partial charge in [0.2, 0.25) is 65.0 Å². The van der Waals surface area contributed by atoms with E-state index in [0.717, 1.165) is 4.90 Å². The van der Waals surface area contributed by atoms with E-state index >= 15 is 0 Å². The van der Waals surface area contributed by atoms with Crippen molar-refractivity contribution < 1.29 is 68.1 Å². The summed E-state index contributed by atoms with van der Waals surface area (Å²) in [5.74, 6) is -9.25. The number of rotatable bonds is 11. The van der Waals surface area contributed by atoms with Crippen LogP contribution in [-0.2, 0) is 65.6 Å². The van der Waals surface area contributed by atoms with Crippen LogP contribution in [0.1, 0.15) is 103 Å². The second-order valence-corrected chi connectivity index (χ2v) is 21.8. The van der Waals surface area contributed by atoms with Crippen LogP contribution in [0.25, 0.3) is 0 Å². The zero-order valence-electron chi connectivity index (χ0n) is 46.1. The summed E-state index contributed by atoms with van der Waals surface area (Å²) < 4.78 is 0. The van der Waals surface area contributed by atoms with Crippen molar-refractivity contribution in [3.63, 3.8) is 0 Å². The molecule has 7 rings (SSSR count). The van der Waals surface area contributed by atoms with E-state index in [4.69, 9.17) is 5.73 Å². The number of hydrogen-bond acceptors (Lipinski definition) is 14. The molecule has 0 aliphatic carbocycles. The van der Waals surface area contributed by atoms with Gasteiger partial charge in [0.1, 0.15) is 66.2 Å². The Hall–Kier alpha value is -7.67. The lowest BCUT2D eigenvalue weighted by Gasteiger charge is -2.35. The monoisotopic (exact) mass is 1130 g/mol. The van der Waals surface area contributed by atoms with E-state index in [0.29, 0.717) is 43.2 Å². The largest absolute Gasteiger partial charge is 0.508 e. The highest BCUT2D eigenvalue weighted by Gasteiger charge is 2.48. The molecule has 5 heterocycles. The van der Waals surface area contributed by atoms with Gasteiger partial charge >= 0.3 is 0 Å². The first-order chi connectivity index (χ1) is 38.7. The number of nitrogens with two attached hydrogens (primary N) is 1. The van der Waals surface area contributed by atoms with Gasteiger partial charge in [0.15, 0.2) is 0 Å². The molecule has 5 aliphatic heterocycles. The predicted molar refractivity (Wildman–Crippen MR) is 289 cm³/mol. The molecule has 5 saturated heterocycles. The SMILES string of the molecule is CCC(C)C1NC(=O)C2CCCN2C(=O)C(C(C)O)NC(=O)C(CCC(N)=O)NC(=O)C(Cc2ccccc2)NC(=O)C(Cc2ccc(O)cc2)NC(=O)C2CCCN2C(=O)C2CCCN2C(=O)C2CCCN2C(=O)C(CO)NC1=O. The third kappa shape index (κ3) is 14.8. The third-order valence-electron chi connectivity index (χ3n) is 16.2. The Labute approximate surface area is 469 Å². The number of phenols is 1. The maximum absolute atomic E-state index is 14.8. The lowest BCUT2D eigenvalue weighted by molar-refractivity contribution is -0.151. The average Bonchev–Trinajstić information content (AvgIpc) is 4.32. The normalized spacial score (nSPS) is 28.8. The third-order valence-corrected chi connectivity index (χ3v) is 16.2. The summed E-state index contributed by atoms with van der Waals surface area (Å²) in [6, 6.07) is 0.920. The molecule has 0 saturated carbocycles. The van der Waals surface area contributed by atoms with Crippen molar-refractivity contribution >= 4 is 65.0 Å². The minimum Gasteiger partial charge on any atom is -0.508 e. The summed E-state index contributed by atoms with van der Waals surface area (Å²) in [6.07, 6.45) is -0.107. The van der Waals surface area contributed by atoms with Crippen LogP contribution in [-0.4, -0.2) is 199 Å². The number of fused-ring (bicyclic) bond motifs is 4. The molecule has 25 nitrogen and oxygen atoms in total. The molecule has 5 fully saturated rings.